The maximum Gasteiger partial charge on any atom is 0.119 e. The molecule has 2 aliphatic heterocycles. The molecule has 2 atom stereocenters. The molecule has 2 heterocycles. The van der Waals surface area contributed by atoms with E-state index in [1.165, 1.54) is 0 Å². The van der Waals surface area contributed by atoms with E-state index >= 15 is 0 Å². The van der Waals surface area contributed by atoms with Gasteiger partial charge in [0.25, 0.3) is 0 Å². The Balaban J connectivity index is 1.44. The molecule has 0 aliphatic carbocycles. The van der Waals surface area contributed by atoms with E-state index in [4.69, 9.17) is 18.9 Å². The lowest BCUT2D eigenvalue weighted by atomic mass is 10.2. The average Bonchev–Trinajstić information content (AvgIpc) is 3.09. The van der Waals surface area contributed by atoms with Crippen molar-refractivity contribution in [1.29, 1.82) is 0 Å². The fourth-order valence-corrected chi connectivity index (χ4v) is 1.95. The molecule has 0 bridgehead atoms. The van der Waals surface area contributed by atoms with Crippen molar-refractivity contribution in [2.75, 3.05) is 26.4 Å². The third-order valence-electron chi connectivity index (χ3n) is 3.12. The predicted molar refractivity (Wildman–Crippen MR) is 66.1 cm³/mol. The first-order valence-electron chi connectivity index (χ1n) is 6.49. The molecule has 2 saturated heterocycles. The molecule has 1 aromatic rings. The van der Waals surface area contributed by atoms with Crippen LogP contribution in [0.4, 0.5) is 0 Å². The minimum absolute atomic E-state index is 0.257. The number of epoxide rings is 1. The van der Waals surface area contributed by atoms with Crippen LogP contribution in [-0.4, -0.2) is 38.6 Å². The van der Waals surface area contributed by atoms with Crippen LogP contribution in [0.3, 0.4) is 0 Å². The van der Waals surface area contributed by atoms with E-state index in [1.807, 2.05) is 24.3 Å². The summed E-state index contributed by atoms with van der Waals surface area (Å²) in [6, 6.07) is 7.70. The first-order valence-corrected chi connectivity index (χ1v) is 6.49. The maximum atomic E-state index is 5.68. The van der Waals surface area contributed by atoms with Crippen LogP contribution in [0.15, 0.2) is 24.3 Å². The third kappa shape index (κ3) is 3.37. The molecule has 0 aromatic heterocycles. The van der Waals surface area contributed by atoms with Gasteiger partial charge in [0.05, 0.1) is 12.7 Å². The summed E-state index contributed by atoms with van der Waals surface area (Å²) in [6.45, 7) is 2.96. The Morgan fingerprint density at radius 3 is 2.06 bits per heavy atom. The fraction of sp³-hybridized carbons (Fsp3) is 0.571. The van der Waals surface area contributed by atoms with Gasteiger partial charge in [-0.1, -0.05) is 0 Å². The number of ether oxygens (including phenoxy) is 4. The lowest BCUT2D eigenvalue weighted by Crippen LogP contribution is -2.16. The van der Waals surface area contributed by atoms with Gasteiger partial charge in [-0.25, -0.2) is 0 Å². The van der Waals surface area contributed by atoms with E-state index in [9.17, 15) is 0 Å². The zero-order valence-corrected chi connectivity index (χ0v) is 10.3. The highest BCUT2D eigenvalue weighted by Crippen LogP contribution is 2.20. The van der Waals surface area contributed by atoms with E-state index in [-0.39, 0.29) is 6.10 Å². The van der Waals surface area contributed by atoms with Crippen LogP contribution in [0.1, 0.15) is 12.8 Å². The van der Waals surface area contributed by atoms with Crippen molar-refractivity contribution >= 4 is 0 Å². The average molecular weight is 250 g/mol. The van der Waals surface area contributed by atoms with Crippen molar-refractivity contribution < 1.29 is 18.9 Å². The summed E-state index contributed by atoms with van der Waals surface area (Å²) in [5.41, 5.74) is 0. The van der Waals surface area contributed by atoms with Gasteiger partial charge in [0, 0.05) is 6.61 Å². The SMILES string of the molecule is c1cc(OCC2CO2)ccc1OCC1CCCO1. The van der Waals surface area contributed by atoms with Crippen LogP contribution >= 0.6 is 0 Å². The molecule has 3 rings (SSSR count). The highest BCUT2D eigenvalue weighted by Gasteiger charge is 2.23. The van der Waals surface area contributed by atoms with Crippen LogP contribution in [0.2, 0.25) is 0 Å². The minimum atomic E-state index is 0.257. The van der Waals surface area contributed by atoms with Crippen molar-refractivity contribution in [3.8, 4) is 11.5 Å². The second-order valence-corrected chi connectivity index (χ2v) is 4.68. The van der Waals surface area contributed by atoms with Crippen LogP contribution < -0.4 is 9.47 Å². The molecule has 0 amide bonds. The first-order chi connectivity index (χ1) is 8.90. The summed E-state index contributed by atoms with van der Waals surface area (Å²) in [6.07, 6.45) is 2.79. The zero-order chi connectivity index (χ0) is 12.2. The van der Waals surface area contributed by atoms with Crippen molar-refractivity contribution in [2.45, 2.75) is 25.0 Å². The van der Waals surface area contributed by atoms with E-state index in [0.717, 1.165) is 37.6 Å². The maximum absolute atomic E-state index is 5.68. The largest absolute Gasteiger partial charge is 0.491 e. The van der Waals surface area contributed by atoms with E-state index in [1.54, 1.807) is 0 Å². The van der Waals surface area contributed by atoms with Gasteiger partial charge in [-0.2, -0.15) is 0 Å². The second kappa shape index (κ2) is 5.59. The normalized spacial score (nSPS) is 26.0. The molecule has 0 radical (unpaired) electrons. The quantitative estimate of drug-likeness (QED) is 0.724. The van der Waals surface area contributed by atoms with Crippen LogP contribution in [0.25, 0.3) is 0 Å². The summed E-state index contributed by atoms with van der Waals surface area (Å²) in [7, 11) is 0. The lowest BCUT2D eigenvalue weighted by Gasteiger charge is -2.11. The van der Waals surface area contributed by atoms with Gasteiger partial charge in [0.1, 0.15) is 30.8 Å². The number of benzene rings is 1. The van der Waals surface area contributed by atoms with Crippen LogP contribution in [0.5, 0.6) is 11.5 Å². The van der Waals surface area contributed by atoms with Crippen molar-refractivity contribution in [3.63, 3.8) is 0 Å². The molecule has 4 heteroatoms. The zero-order valence-electron chi connectivity index (χ0n) is 10.3. The van der Waals surface area contributed by atoms with Crippen molar-refractivity contribution in [3.05, 3.63) is 24.3 Å². The van der Waals surface area contributed by atoms with Crippen molar-refractivity contribution in [1.82, 2.24) is 0 Å². The Morgan fingerprint density at radius 2 is 1.56 bits per heavy atom. The predicted octanol–water partition coefficient (Wildman–Crippen LogP) is 2.02. The van der Waals surface area contributed by atoms with Gasteiger partial charge in [-0.15, -0.1) is 0 Å². The summed E-state index contributed by atoms with van der Waals surface area (Å²) < 4.78 is 21.8. The van der Waals surface area contributed by atoms with Crippen molar-refractivity contribution in [2.24, 2.45) is 0 Å². The summed E-state index contributed by atoms with van der Waals surface area (Å²) >= 11 is 0. The molecular weight excluding hydrogens is 232 g/mol. The highest BCUT2D eigenvalue weighted by molar-refractivity contribution is 5.31. The molecule has 2 aliphatic rings. The van der Waals surface area contributed by atoms with E-state index in [2.05, 4.69) is 0 Å². The minimum Gasteiger partial charge on any atom is -0.491 e. The topological polar surface area (TPSA) is 40.2 Å². The molecule has 0 saturated carbocycles. The molecule has 98 valence electrons. The molecular formula is C14H18O4. The molecule has 0 spiro atoms. The second-order valence-electron chi connectivity index (χ2n) is 4.68. The fourth-order valence-electron chi connectivity index (χ4n) is 1.95. The van der Waals surface area contributed by atoms with Gasteiger partial charge in [0.15, 0.2) is 0 Å². The standard InChI is InChI=1S/C14H18O4/c1-2-13(15-7-1)8-16-11-3-5-12(6-4-11)17-9-14-10-18-14/h3-6,13-14H,1-2,7-10H2. The number of hydrogen-bond donors (Lipinski definition) is 0. The molecule has 18 heavy (non-hydrogen) atoms. The van der Waals surface area contributed by atoms with Gasteiger partial charge in [0.2, 0.25) is 0 Å². The van der Waals surface area contributed by atoms with E-state index < -0.39 is 0 Å². The summed E-state index contributed by atoms with van der Waals surface area (Å²) in [5, 5.41) is 0. The first kappa shape index (κ1) is 11.8. The monoisotopic (exact) mass is 250 g/mol. The Kier molecular flexibility index (Phi) is 3.67. The summed E-state index contributed by atoms with van der Waals surface area (Å²) in [5.74, 6) is 1.72. The Labute approximate surface area is 107 Å². The van der Waals surface area contributed by atoms with Crippen LogP contribution in [0, 0.1) is 0 Å². The van der Waals surface area contributed by atoms with Gasteiger partial charge in [-0.3, -0.25) is 0 Å². The van der Waals surface area contributed by atoms with Gasteiger partial charge < -0.3 is 18.9 Å². The molecule has 1 aromatic carbocycles. The number of hydrogen-bond acceptors (Lipinski definition) is 4. The third-order valence-corrected chi connectivity index (χ3v) is 3.12. The smallest absolute Gasteiger partial charge is 0.119 e. The van der Waals surface area contributed by atoms with Crippen LogP contribution in [-0.2, 0) is 9.47 Å². The Hall–Kier alpha value is -1.26. The van der Waals surface area contributed by atoms with E-state index in [0.29, 0.717) is 19.3 Å². The summed E-state index contributed by atoms with van der Waals surface area (Å²) in [4.78, 5) is 0. The molecule has 2 unspecified atom stereocenters. The molecule has 2 fully saturated rings. The lowest BCUT2D eigenvalue weighted by molar-refractivity contribution is 0.0679. The van der Waals surface area contributed by atoms with Gasteiger partial charge in [-0.05, 0) is 37.1 Å². The van der Waals surface area contributed by atoms with Gasteiger partial charge >= 0.3 is 0 Å². The Morgan fingerprint density at radius 1 is 0.944 bits per heavy atom. The number of rotatable bonds is 6. The Bertz CT molecular complexity index is 366. The molecule has 0 N–H and O–H groups in total. The highest BCUT2D eigenvalue weighted by atomic mass is 16.6. The molecule has 4 nitrogen and oxygen atoms in total.